The summed E-state index contributed by atoms with van der Waals surface area (Å²) in [7, 11) is 0. The molecule has 1 aromatic rings. The summed E-state index contributed by atoms with van der Waals surface area (Å²) in [6.07, 6.45) is 15.1. The molecule has 2 spiro atoms. The van der Waals surface area contributed by atoms with Crippen LogP contribution in [0.1, 0.15) is 95.3 Å². The van der Waals surface area contributed by atoms with E-state index in [-0.39, 0.29) is 40.4 Å². The summed E-state index contributed by atoms with van der Waals surface area (Å²) in [5, 5.41) is 0. The van der Waals surface area contributed by atoms with Crippen LogP contribution in [0, 0.1) is 39.9 Å². The summed E-state index contributed by atoms with van der Waals surface area (Å²) in [6, 6.07) is 3.59. The predicted molar refractivity (Wildman–Crippen MR) is 149 cm³/mol. The van der Waals surface area contributed by atoms with Crippen LogP contribution in [0.4, 0.5) is 0 Å². The number of esters is 2. The molecule has 0 N–H and O–H groups in total. The van der Waals surface area contributed by atoms with Gasteiger partial charge in [-0.25, -0.2) is 4.79 Å². The Kier molecular flexibility index (Phi) is 6.04. The van der Waals surface area contributed by atoms with Crippen molar-refractivity contribution in [2.24, 2.45) is 39.9 Å². The molecule has 6 fully saturated rings. The number of aromatic nitrogens is 1. The Labute approximate surface area is 237 Å². The van der Waals surface area contributed by atoms with E-state index in [0.717, 1.165) is 25.7 Å². The van der Waals surface area contributed by atoms with Gasteiger partial charge in [-0.05, 0) is 111 Å². The number of pyridine rings is 1. The summed E-state index contributed by atoms with van der Waals surface area (Å²) in [4.78, 5) is 28.4. The van der Waals surface area contributed by atoms with Crippen LogP contribution in [-0.4, -0.2) is 46.6 Å². The second-order valence-electron chi connectivity index (χ2n) is 14.3. The zero-order chi connectivity index (χ0) is 27.2. The van der Waals surface area contributed by atoms with E-state index in [0.29, 0.717) is 46.7 Å². The predicted octanol–water partition coefficient (Wildman–Crippen LogP) is 6.04. The van der Waals surface area contributed by atoms with Crippen molar-refractivity contribution in [2.45, 2.75) is 108 Å². The molecule has 6 aliphatic rings. The molecule has 2 heterocycles. The van der Waals surface area contributed by atoms with E-state index < -0.39 is 0 Å². The van der Waals surface area contributed by atoms with E-state index in [2.05, 4.69) is 18.8 Å². The SMILES string of the molecule is CC(=O)OCC1CCC2C(CC3C4CCC5C(C)(C)[C@@H](OC(=O)c6cccnc6)CCC56C[C@@]46CC[C@]23S)O1. The Hall–Kier alpha value is -1.60. The summed E-state index contributed by atoms with van der Waals surface area (Å²) >= 11 is 5.53. The van der Waals surface area contributed by atoms with Crippen LogP contribution in [0.5, 0.6) is 0 Å². The molecule has 212 valence electrons. The molecule has 7 heteroatoms. The minimum Gasteiger partial charge on any atom is -0.463 e. The average molecular weight is 554 g/mol. The standard InChI is InChI=1S/C32H43NO5S/c1-19(34)36-17-21-6-7-23-25(37-21)15-24-22-8-9-26-29(2,3)27(38-28(35)20-5-4-14-33-16-20)10-11-31(26)18-30(22,31)12-13-32(23,24)39/h4-5,14,16,21-27,39H,6-13,15,17-18H2,1-3H3/t21?,22?,23?,24?,25?,26?,27-,30-,31?,32-/m0/s1. The molecule has 6 nitrogen and oxygen atoms in total. The fraction of sp³-hybridized carbons (Fsp3) is 0.781. The third-order valence-electron chi connectivity index (χ3n) is 12.7. The maximum atomic E-state index is 13.0. The average Bonchev–Trinajstić information content (AvgIpc) is 3.49. The molecule has 0 amide bonds. The smallest absolute Gasteiger partial charge is 0.339 e. The number of ether oxygens (including phenoxy) is 3. The maximum absolute atomic E-state index is 13.0. The largest absolute Gasteiger partial charge is 0.463 e. The lowest BCUT2D eigenvalue weighted by Crippen LogP contribution is -2.56. The number of carbonyl (C=O) groups is 2. The van der Waals surface area contributed by atoms with Crippen molar-refractivity contribution < 1.29 is 23.8 Å². The first kappa shape index (κ1) is 26.3. The van der Waals surface area contributed by atoms with Gasteiger partial charge in [-0.1, -0.05) is 13.8 Å². The van der Waals surface area contributed by atoms with E-state index in [4.69, 9.17) is 26.8 Å². The molecule has 1 saturated heterocycles. The van der Waals surface area contributed by atoms with E-state index in [1.165, 1.54) is 45.4 Å². The van der Waals surface area contributed by atoms with Crippen molar-refractivity contribution >= 4 is 24.6 Å². The van der Waals surface area contributed by atoms with E-state index in [9.17, 15) is 9.59 Å². The Morgan fingerprint density at radius 2 is 1.87 bits per heavy atom. The minimum atomic E-state index is -0.241. The molecule has 10 atom stereocenters. The summed E-state index contributed by atoms with van der Waals surface area (Å²) in [5.41, 5.74) is 1.31. The third kappa shape index (κ3) is 3.73. The first-order valence-corrected chi connectivity index (χ1v) is 15.7. The fourth-order valence-electron chi connectivity index (χ4n) is 11.1. The molecule has 0 aromatic carbocycles. The molecule has 0 radical (unpaired) electrons. The Balaban J connectivity index is 1.08. The summed E-state index contributed by atoms with van der Waals surface area (Å²) in [6.45, 7) is 6.57. The van der Waals surface area contributed by atoms with Crippen molar-refractivity contribution in [3.63, 3.8) is 0 Å². The lowest BCUT2D eigenvalue weighted by atomic mass is 9.48. The van der Waals surface area contributed by atoms with Gasteiger partial charge in [0, 0.05) is 29.5 Å². The highest BCUT2D eigenvalue weighted by molar-refractivity contribution is 7.81. The van der Waals surface area contributed by atoms with Crippen LogP contribution in [-0.2, 0) is 19.0 Å². The van der Waals surface area contributed by atoms with Crippen LogP contribution in [0.15, 0.2) is 24.5 Å². The molecule has 1 aromatic heterocycles. The van der Waals surface area contributed by atoms with Crippen LogP contribution in [0.3, 0.4) is 0 Å². The first-order valence-electron chi connectivity index (χ1n) is 15.2. The van der Waals surface area contributed by atoms with E-state index in [1.807, 2.05) is 0 Å². The number of rotatable bonds is 4. The molecule has 7 rings (SSSR count). The topological polar surface area (TPSA) is 74.7 Å². The number of fused-ring (bicyclic) bond motifs is 4. The lowest BCUT2D eigenvalue weighted by molar-refractivity contribution is -0.151. The Morgan fingerprint density at radius 1 is 1.05 bits per heavy atom. The summed E-state index contributed by atoms with van der Waals surface area (Å²) in [5.74, 6) is 1.93. The first-order chi connectivity index (χ1) is 18.6. The van der Waals surface area contributed by atoms with Crippen LogP contribution in [0.25, 0.3) is 0 Å². The van der Waals surface area contributed by atoms with E-state index >= 15 is 0 Å². The van der Waals surface area contributed by atoms with E-state index in [1.54, 1.807) is 24.5 Å². The van der Waals surface area contributed by atoms with Gasteiger partial charge in [0.15, 0.2) is 0 Å². The monoisotopic (exact) mass is 553 g/mol. The second-order valence-corrected chi connectivity index (χ2v) is 15.2. The molecular weight excluding hydrogens is 510 g/mol. The molecule has 7 unspecified atom stereocenters. The molecule has 5 saturated carbocycles. The highest BCUT2D eigenvalue weighted by Gasteiger charge is 2.81. The van der Waals surface area contributed by atoms with Gasteiger partial charge in [0.05, 0.1) is 17.8 Å². The van der Waals surface area contributed by atoms with Gasteiger partial charge in [-0.3, -0.25) is 9.78 Å². The van der Waals surface area contributed by atoms with Crippen LogP contribution in [0.2, 0.25) is 0 Å². The van der Waals surface area contributed by atoms with Crippen LogP contribution >= 0.6 is 12.6 Å². The number of thiol groups is 1. The van der Waals surface area contributed by atoms with Gasteiger partial charge in [0.25, 0.3) is 0 Å². The molecular formula is C32H43NO5S. The molecule has 5 aliphatic carbocycles. The second kappa shape index (κ2) is 8.95. The maximum Gasteiger partial charge on any atom is 0.339 e. The fourth-order valence-corrected chi connectivity index (χ4v) is 11.8. The van der Waals surface area contributed by atoms with Gasteiger partial charge in [0.1, 0.15) is 12.7 Å². The number of carbonyl (C=O) groups excluding carboxylic acids is 2. The molecule has 0 bridgehead atoms. The quantitative estimate of drug-likeness (QED) is 0.362. The zero-order valence-corrected chi connectivity index (χ0v) is 24.5. The van der Waals surface area contributed by atoms with Gasteiger partial charge in [0.2, 0.25) is 0 Å². The Bertz CT molecular complexity index is 1160. The Morgan fingerprint density at radius 3 is 2.64 bits per heavy atom. The van der Waals surface area contributed by atoms with Gasteiger partial charge in [-0.15, -0.1) is 0 Å². The third-order valence-corrected chi connectivity index (χ3v) is 13.6. The number of hydrogen-bond acceptors (Lipinski definition) is 7. The highest BCUT2D eigenvalue weighted by atomic mass is 32.1. The van der Waals surface area contributed by atoms with Crippen LogP contribution < -0.4 is 0 Å². The minimum absolute atomic E-state index is 0.0228. The number of hydrogen-bond donors (Lipinski definition) is 1. The van der Waals surface area contributed by atoms with Crippen molar-refractivity contribution in [1.29, 1.82) is 0 Å². The van der Waals surface area contributed by atoms with Gasteiger partial charge >= 0.3 is 11.9 Å². The number of nitrogens with zero attached hydrogens (tertiary/aromatic N) is 1. The molecule has 39 heavy (non-hydrogen) atoms. The lowest BCUT2D eigenvalue weighted by Gasteiger charge is -2.59. The summed E-state index contributed by atoms with van der Waals surface area (Å²) < 4.78 is 18.2. The molecule has 1 aliphatic heterocycles. The van der Waals surface area contributed by atoms with Crippen molar-refractivity contribution in [3.8, 4) is 0 Å². The van der Waals surface area contributed by atoms with Crippen molar-refractivity contribution in [1.82, 2.24) is 4.98 Å². The van der Waals surface area contributed by atoms with Crippen molar-refractivity contribution in [2.75, 3.05) is 6.61 Å². The van der Waals surface area contributed by atoms with Gasteiger partial charge < -0.3 is 14.2 Å². The normalized spacial score (nSPS) is 46.9. The van der Waals surface area contributed by atoms with Crippen molar-refractivity contribution in [3.05, 3.63) is 30.1 Å². The van der Waals surface area contributed by atoms with Gasteiger partial charge in [-0.2, -0.15) is 12.6 Å². The highest BCUT2D eigenvalue weighted by Crippen LogP contribution is 2.86. The zero-order valence-electron chi connectivity index (χ0n) is 23.6.